The highest BCUT2D eigenvalue weighted by molar-refractivity contribution is 5.42. The number of piperazine rings is 1. The molecule has 1 aliphatic heterocycles. The van der Waals surface area contributed by atoms with E-state index < -0.39 is 0 Å². The quantitative estimate of drug-likeness (QED) is 0.876. The number of hydrogen-bond donors (Lipinski definition) is 1. The Hall–Kier alpha value is -1.36. The molecule has 5 nitrogen and oxygen atoms in total. The van der Waals surface area contributed by atoms with Gasteiger partial charge in [-0.3, -0.25) is 0 Å². The lowest BCUT2D eigenvalue weighted by atomic mass is 10.1. The van der Waals surface area contributed by atoms with E-state index in [0.29, 0.717) is 5.92 Å². The van der Waals surface area contributed by atoms with Crippen LogP contribution in [0.1, 0.15) is 20.3 Å². The molecule has 0 aromatic carbocycles. The minimum absolute atomic E-state index is 0.702. The topological polar surface area (TPSA) is 44.3 Å². The number of aromatic nitrogens is 2. The third-order valence-corrected chi connectivity index (χ3v) is 3.47. The average Bonchev–Trinajstić information content (AvgIpc) is 2.39. The van der Waals surface area contributed by atoms with Gasteiger partial charge < -0.3 is 15.1 Å². The molecule has 1 aromatic heterocycles. The lowest BCUT2D eigenvalue weighted by Gasteiger charge is -2.33. The van der Waals surface area contributed by atoms with Gasteiger partial charge in [-0.15, -0.1) is 0 Å². The molecule has 2 rings (SSSR count). The van der Waals surface area contributed by atoms with E-state index in [1.807, 2.05) is 12.3 Å². The van der Waals surface area contributed by atoms with Crippen LogP contribution in [0, 0.1) is 5.92 Å². The fourth-order valence-electron chi connectivity index (χ4n) is 2.12. The number of nitrogens with one attached hydrogen (secondary N) is 1. The Morgan fingerprint density at radius 2 is 2.00 bits per heavy atom. The second-order valence-corrected chi connectivity index (χ2v) is 5.64. The van der Waals surface area contributed by atoms with Gasteiger partial charge in [-0.05, 0) is 25.5 Å². The summed E-state index contributed by atoms with van der Waals surface area (Å²) in [4.78, 5) is 13.6. The van der Waals surface area contributed by atoms with E-state index in [-0.39, 0.29) is 0 Å². The molecule has 5 heteroatoms. The van der Waals surface area contributed by atoms with E-state index in [1.165, 1.54) is 0 Å². The van der Waals surface area contributed by atoms with Crippen LogP contribution in [0.3, 0.4) is 0 Å². The number of hydrogen-bond acceptors (Lipinski definition) is 5. The molecule has 1 aromatic rings. The van der Waals surface area contributed by atoms with Crippen molar-refractivity contribution in [3.8, 4) is 0 Å². The van der Waals surface area contributed by atoms with E-state index in [1.54, 1.807) is 0 Å². The first-order valence-corrected chi connectivity index (χ1v) is 7.15. The smallest absolute Gasteiger partial charge is 0.224 e. The zero-order valence-electron chi connectivity index (χ0n) is 12.3. The molecule has 0 saturated carbocycles. The molecule has 1 aliphatic rings. The van der Waals surface area contributed by atoms with Gasteiger partial charge in [-0.2, -0.15) is 4.98 Å². The van der Waals surface area contributed by atoms with Crippen molar-refractivity contribution in [2.75, 3.05) is 50.0 Å². The lowest BCUT2D eigenvalue weighted by molar-refractivity contribution is 0.312. The largest absolute Gasteiger partial charge is 0.354 e. The standard InChI is InChI=1S/C14H25N5/c1-12(2)4-6-15-14-16-7-5-13(17-14)19-10-8-18(3)9-11-19/h5,7,12H,4,6,8-11H2,1-3H3,(H,15,16,17). The van der Waals surface area contributed by atoms with Crippen molar-refractivity contribution in [3.63, 3.8) is 0 Å². The van der Waals surface area contributed by atoms with Gasteiger partial charge in [-0.1, -0.05) is 13.8 Å². The fraction of sp³-hybridized carbons (Fsp3) is 0.714. The molecular formula is C14H25N5. The van der Waals surface area contributed by atoms with Crippen molar-refractivity contribution in [2.24, 2.45) is 5.92 Å². The van der Waals surface area contributed by atoms with Crippen LogP contribution < -0.4 is 10.2 Å². The Morgan fingerprint density at radius 3 is 2.68 bits per heavy atom. The maximum atomic E-state index is 4.60. The molecule has 1 saturated heterocycles. The van der Waals surface area contributed by atoms with Crippen molar-refractivity contribution in [1.82, 2.24) is 14.9 Å². The van der Waals surface area contributed by atoms with E-state index in [0.717, 1.165) is 50.9 Å². The summed E-state index contributed by atoms with van der Waals surface area (Å²) in [5, 5.41) is 3.30. The normalized spacial score (nSPS) is 16.9. The van der Waals surface area contributed by atoms with Crippen LogP contribution in [0.2, 0.25) is 0 Å². The van der Waals surface area contributed by atoms with Crippen molar-refractivity contribution in [3.05, 3.63) is 12.3 Å². The van der Waals surface area contributed by atoms with Crippen LogP contribution in [-0.2, 0) is 0 Å². The summed E-state index contributed by atoms with van der Waals surface area (Å²) in [6.07, 6.45) is 2.99. The van der Waals surface area contributed by atoms with Gasteiger partial charge in [0, 0.05) is 38.9 Å². The highest BCUT2D eigenvalue weighted by Crippen LogP contribution is 2.14. The molecule has 0 spiro atoms. The van der Waals surface area contributed by atoms with Crippen LogP contribution in [0.5, 0.6) is 0 Å². The molecule has 1 fully saturated rings. The highest BCUT2D eigenvalue weighted by Gasteiger charge is 2.15. The van der Waals surface area contributed by atoms with E-state index in [9.17, 15) is 0 Å². The molecular weight excluding hydrogens is 238 g/mol. The van der Waals surface area contributed by atoms with Crippen LogP contribution in [0.25, 0.3) is 0 Å². The minimum Gasteiger partial charge on any atom is -0.354 e. The predicted molar refractivity (Wildman–Crippen MR) is 79.7 cm³/mol. The van der Waals surface area contributed by atoms with Crippen molar-refractivity contribution in [1.29, 1.82) is 0 Å². The molecule has 106 valence electrons. The van der Waals surface area contributed by atoms with Crippen LogP contribution in [-0.4, -0.2) is 54.6 Å². The van der Waals surface area contributed by atoms with Gasteiger partial charge in [0.15, 0.2) is 0 Å². The Bertz CT molecular complexity index is 385. The highest BCUT2D eigenvalue weighted by atomic mass is 15.3. The Balaban J connectivity index is 1.91. The van der Waals surface area contributed by atoms with Gasteiger partial charge in [0.05, 0.1) is 0 Å². The maximum Gasteiger partial charge on any atom is 0.224 e. The Morgan fingerprint density at radius 1 is 1.26 bits per heavy atom. The van der Waals surface area contributed by atoms with E-state index >= 15 is 0 Å². The summed E-state index contributed by atoms with van der Waals surface area (Å²) >= 11 is 0. The summed E-state index contributed by atoms with van der Waals surface area (Å²) in [5.74, 6) is 2.49. The summed E-state index contributed by atoms with van der Waals surface area (Å²) < 4.78 is 0. The second kappa shape index (κ2) is 6.70. The van der Waals surface area contributed by atoms with Gasteiger partial charge >= 0.3 is 0 Å². The summed E-state index contributed by atoms with van der Waals surface area (Å²) in [7, 11) is 2.16. The predicted octanol–water partition coefficient (Wildman–Crippen LogP) is 1.69. The van der Waals surface area contributed by atoms with Gasteiger partial charge in [0.25, 0.3) is 0 Å². The van der Waals surface area contributed by atoms with Crippen molar-refractivity contribution < 1.29 is 0 Å². The fourth-order valence-corrected chi connectivity index (χ4v) is 2.12. The van der Waals surface area contributed by atoms with Crippen molar-refractivity contribution in [2.45, 2.75) is 20.3 Å². The summed E-state index contributed by atoms with van der Waals surface area (Å²) in [5.41, 5.74) is 0. The van der Waals surface area contributed by atoms with Gasteiger partial charge in [-0.25, -0.2) is 4.98 Å². The molecule has 0 bridgehead atoms. The monoisotopic (exact) mass is 263 g/mol. The van der Waals surface area contributed by atoms with Crippen LogP contribution in [0.4, 0.5) is 11.8 Å². The molecule has 19 heavy (non-hydrogen) atoms. The van der Waals surface area contributed by atoms with E-state index in [4.69, 9.17) is 0 Å². The van der Waals surface area contributed by atoms with Crippen LogP contribution >= 0.6 is 0 Å². The zero-order chi connectivity index (χ0) is 13.7. The lowest BCUT2D eigenvalue weighted by Crippen LogP contribution is -2.44. The molecule has 0 amide bonds. The van der Waals surface area contributed by atoms with Crippen molar-refractivity contribution >= 4 is 11.8 Å². The molecule has 0 radical (unpaired) electrons. The third kappa shape index (κ3) is 4.35. The first kappa shape index (κ1) is 14.1. The summed E-state index contributed by atoms with van der Waals surface area (Å²) in [6, 6.07) is 2.00. The molecule has 1 N–H and O–H groups in total. The number of anilines is 2. The summed E-state index contributed by atoms with van der Waals surface area (Å²) in [6.45, 7) is 9.66. The van der Waals surface area contributed by atoms with Crippen LogP contribution in [0.15, 0.2) is 12.3 Å². The molecule has 0 atom stereocenters. The third-order valence-electron chi connectivity index (χ3n) is 3.47. The number of nitrogens with zero attached hydrogens (tertiary/aromatic N) is 4. The molecule has 0 unspecified atom stereocenters. The Kier molecular flexibility index (Phi) is 4.96. The van der Waals surface area contributed by atoms with Gasteiger partial charge in [0.1, 0.15) is 5.82 Å². The first-order chi connectivity index (χ1) is 9.15. The maximum absolute atomic E-state index is 4.60. The second-order valence-electron chi connectivity index (χ2n) is 5.64. The van der Waals surface area contributed by atoms with E-state index in [2.05, 4.69) is 46.0 Å². The number of likely N-dealkylation sites (N-methyl/N-ethyl adjacent to an activating group) is 1. The Labute approximate surface area is 116 Å². The SMILES string of the molecule is CC(C)CCNc1nccc(N2CCN(C)CC2)n1. The first-order valence-electron chi connectivity index (χ1n) is 7.15. The molecule has 2 heterocycles. The minimum atomic E-state index is 0.702. The average molecular weight is 263 g/mol. The molecule has 0 aliphatic carbocycles. The number of rotatable bonds is 5. The zero-order valence-corrected chi connectivity index (χ0v) is 12.3. The van der Waals surface area contributed by atoms with Gasteiger partial charge in [0.2, 0.25) is 5.95 Å².